The molecule has 0 unspecified atom stereocenters. The van der Waals surface area contributed by atoms with Gasteiger partial charge in [0.1, 0.15) is 11.7 Å². The maximum Gasteiger partial charge on any atom is 0.247 e. The Kier molecular flexibility index (Phi) is 6.36. The van der Waals surface area contributed by atoms with Gasteiger partial charge in [-0.15, -0.1) is 0 Å². The number of likely N-dealkylation sites (N-methyl/N-ethyl adjacent to an activating group) is 1. The zero-order valence-electron chi connectivity index (χ0n) is 19.7. The van der Waals surface area contributed by atoms with Gasteiger partial charge in [-0.1, -0.05) is 13.8 Å². The Morgan fingerprint density at radius 2 is 1.91 bits per heavy atom. The van der Waals surface area contributed by atoms with Crippen LogP contribution in [0.15, 0.2) is 24.5 Å². The summed E-state index contributed by atoms with van der Waals surface area (Å²) in [5.41, 5.74) is 2.54. The number of anilines is 3. The fraction of sp³-hybridized carbons (Fsp3) is 0.391. The molecule has 11 heteroatoms. The molecule has 2 N–H and O–H groups in total. The van der Waals surface area contributed by atoms with Crippen LogP contribution in [0.4, 0.5) is 26.2 Å². The van der Waals surface area contributed by atoms with E-state index in [1.807, 2.05) is 32.7 Å². The highest BCUT2D eigenvalue weighted by Crippen LogP contribution is 2.34. The monoisotopic (exact) mass is 471 g/mol. The Hall–Kier alpha value is -3.76. The van der Waals surface area contributed by atoms with Crippen molar-refractivity contribution in [1.29, 1.82) is 0 Å². The van der Waals surface area contributed by atoms with E-state index in [1.165, 1.54) is 19.2 Å². The minimum Gasteiger partial charge on any atom is -0.491 e. The standard InChI is InChI=1S/C23H27F2N7O2/c1-12(2)19-22(33)29-18-13(3)28-23(30-21(18)31(19)4)26-8-15-9-27-32(11-15)10-14-6-16(24)20(34-5)17(25)7-14/h6-7,9,11-12,19H,8,10H2,1-5H3,(H,29,33)(H,26,28,30)/t19-/m0/s1. The first kappa shape index (κ1) is 23.4. The first-order valence-corrected chi connectivity index (χ1v) is 10.9. The number of fused-ring (bicyclic) bond motifs is 1. The molecule has 3 aromatic rings. The molecule has 34 heavy (non-hydrogen) atoms. The Bertz CT molecular complexity index is 1210. The number of nitrogens with zero attached hydrogens (tertiary/aromatic N) is 5. The summed E-state index contributed by atoms with van der Waals surface area (Å²) in [6.07, 6.45) is 3.44. The summed E-state index contributed by atoms with van der Waals surface area (Å²) in [5, 5.41) is 10.4. The van der Waals surface area contributed by atoms with E-state index in [4.69, 9.17) is 4.74 Å². The van der Waals surface area contributed by atoms with Gasteiger partial charge in [-0.3, -0.25) is 9.48 Å². The third kappa shape index (κ3) is 4.50. The molecule has 0 bridgehead atoms. The van der Waals surface area contributed by atoms with Crippen LogP contribution >= 0.6 is 0 Å². The predicted molar refractivity (Wildman–Crippen MR) is 124 cm³/mol. The number of halogens is 2. The molecule has 9 nitrogen and oxygen atoms in total. The average Bonchev–Trinajstić information content (AvgIpc) is 3.20. The number of benzene rings is 1. The minimum absolute atomic E-state index is 0.0681. The van der Waals surface area contributed by atoms with Crippen LogP contribution in [0.3, 0.4) is 0 Å². The Morgan fingerprint density at radius 3 is 2.56 bits per heavy atom. The van der Waals surface area contributed by atoms with Crippen LogP contribution < -0.4 is 20.3 Å². The van der Waals surface area contributed by atoms with E-state index in [1.54, 1.807) is 17.1 Å². The summed E-state index contributed by atoms with van der Waals surface area (Å²) < 4.78 is 34.2. The third-order valence-electron chi connectivity index (χ3n) is 5.71. The maximum atomic E-state index is 14.0. The largest absolute Gasteiger partial charge is 0.491 e. The number of hydrogen-bond donors (Lipinski definition) is 2. The second-order valence-electron chi connectivity index (χ2n) is 8.61. The summed E-state index contributed by atoms with van der Waals surface area (Å²) in [6.45, 7) is 6.40. The van der Waals surface area contributed by atoms with E-state index >= 15 is 0 Å². The van der Waals surface area contributed by atoms with Gasteiger partial charge in [0.05, 0.1) is 25.5 Å². The summed E-state index contributed by atoms with van der Waals surface area (Å²) in [4.78, 5) is 23.4. The van der Waals surface area contributed by atoms with Crippen molar-refractivity contribution in [1.82, 2.24) is 19.7 Å². The fourth-order valence-electron chi connectivity index (χ4n) is 4.14. The quantitative estimate of drug-likeness (QED) is 0.546. The van der Waals surface area contributed by atoms with E-state index < -0.39 is 17.4 Å². The van der Waals surface area contributed by atoms with E-state index in [0.29, 0.717) is 35.3 Å². The Morgan fingerprint density at radius 1 is 1.21 bits per heavy atom. The van der Waals surface area contributed by atoms with Crippen molar-refractivity contribution in [3.63, 3.8) is 0 Å². The van der Waals surface area contributed by atoms with Crippen molar-refractivity contribution in [2.45, 2.75) is 39.9 Å². The zero-order chi connectivity index (χ0) is 24.6. The predicted octanol–water partition coefficient (Wildman–Crippen LogP) is 3.34. The molecule has 0 radical (unpaired) electrons. The smallest absolute Gasteiger partial charge is 0.247 e. The van der Waals surface area contributed by atoms with Crippen molar-refractivity contribution < 1.29 is 18.3 Å². The molecular formula is C23H27F2N7O2. The molecule has 1 atom stereocenters. The third-order valence-corrected chi connectivity index (χ3v) is 5.71. The van der Waals surface area contributed by atoms with E-state index in [0.717, 1.165) is 5.56 Å². The van der Waals surface area contributed by atoms with Gasteiger partial charge in [0.2, 0.25) is 11.9 Å². The lowest BCUT2D eigenvalue weighted by atomic mass is 9.99. The molecule has 0 saturated heterocycles. The van der Waals surface area contributed by atoms with E-state index in [-0.39, 0.29) is 24.4 Å². The number of aromatic nitrogens is 4. The molecule has 1 aromatic carbocycles. The molecule has 1 aliphatic heterocycles. The Balaban J connectivity index is 1.46. The lowest BCUT2D eigenvalue weighted by Crippen LogP contribution is -2.49. The first-order valence-electron chi connectivity index (χ1n) is 10.9. The molecule has 1 amide bonds. The normalized spacial score (nSPS) is 15.4. The van der Waals surface area contributed by atoms with Crippen molar-refractivity contribution in [2.24, 2.45) is 5.92 Å². The number of nitrogens with one attached hydrogen (secondary N) is 2. The second-order valence-corrected chi connectivity index (χ2v) is 8.61. The number of methoxy groups -OCH3 is 1. The number of carbonyl (C=O) groups excluding carboxylic acids is 1. The van der Waals surface area contributed by atoms with Crippen LogP contribution in [0.5, 0.6) is 5.75 Å². The van der Waals surface area contributed by atoms with Gasteiger partial charge < -0.3 is 20.3 Å². The highest BCUT2D eigenvalue weighted by molar-refractivity contribution is 6.03. The van der Waals surface area contributed by atoms with Crippen molar-refractivity contribution >= 4 is 23.4 Å². The van der Waals surface area contributed by atoms with Crippen molar-refractivity contribution in [3.8, 4) is 5.75 Å². The highest BCUT2D eigenvalue weighted by Gasteiger charge is 2.35. The van der Waals surface area contributed by atoms with Gasteiger partial charge in [-0.25, -0.2) is 13.8 Å². The van der Waals surface area contributed by atoms with Crippen LogP contribution in [-0.4, -0.2) is 45.9 Å². The van der Waals surface area contributed by atoms with E-state index in [9.17, 15) is 13.6 Å². The topological polar surface area (TPSA) is 97.2 Å². The highest BCUT2D eigenvalue weighted by atomic mass is 19.1. The van der Waals surface area contributed by atoms with Crippen LogP contribution in [-0.2, 0) is 17.9 Å². The average molecular weight is 472 g/mol. The SMILES string of the molecule is COc1c(F)cc(Cn2cc(CNc3nc(C)c4c(n3)N(C)[C@@H](C(C)C)C(=O)N4)cn2)cc1F. The fourth-order valence-corrected chi connectivity index (χ4v) is 4.14. The van der Waals surface area contributed by atoms with Gasteiger partial charge in [0.15, 0.2) is 23.2 Å². The van der Waals surface area contributed by atoms with Crippen LogP contribution in [0.2, 0.25) is 0 Å². The number of aryl methyl sites for hydroxylation is 1. The van der Waals surface area contributed by atoms with Crippen LogP contribution in [0.1, 0.15) is 30.7 Å². The zero-order valence-corrected chi connectivity index (χ0v) is 19.7. The number of carbonyl (C=O) groups is 1. The van der Waals surface area contributed by atoms with Crippen LogP contribution in [0.25, 0.3) is 0 Å². The van der Waals surface area contributed by atoms with Crippen molar-refractivity contribution in [3.05, 3.63) is 53.0 Å². The number of hydrogen-bond acceptors (Lipinski definition) is 7. The maximum absolute atomic E-state index is 14.0. The summed E-state index contributed by atoms with van der Waals surface area (Å²) in [5.74, 6) is -0.787. The molecule has 0 fully saturated rings. The van der Waals surface area contributed by atoms with Crippen LogP contribution in [0, 0.1) is 24.5 Å². The number of rotatable bonds is 7. The molecule has 4 rings (SSSR count). The Labute approximate surface area is 196 Å². The van der Waals surface area contributed by atoms with Gasteiger partial charge in [0.25, 0.3) is 0 Å². The lowest BCUT2D eigenvalue weighted by Gasteiger charge is -2.36. The molecule has 3 heterocycles. The van der Waals surface area contributed by atoms with Gasteiger partial charge in [-0.05, 0) is 30.5 Å². The second kappa shape index (κ2) is 9.24. The van der Waals surface area contributed by atoms with Crippen molar-refractivity contribution in [2.75, 3.05) is 29.7 Å². The molecule has 1 aliphatic rings. The summed E-state index contributed by atoms with van der Waals surface area (Å²) in [6, 6.07) is 2.14. The van der Waals surface area contributed by atoms with Gasteiger partial charge in [-0.2, -0.15) is 10.1 Å². The molecular weight excluding hydrogens is 444 g/mol. The van der Waals surface area contributed by atoms with E-state index in [2.05, 4.69) is 25.7 Å². The lowest BCUT2D eigenvalue weighted by molar-refractivity contribution is -0.118. The number of ether oxygens (including phenoxy) is 1. The van der Waals surface area contributed by atoms with Gasteiger partial charge in [0, 0.05) is 25.4 Å². The first-order chi connectivity index (χ1) is 16.2. The molecule has 0 spiro atoms. The molecule has 0 saturated carbocycles. The summed E-state index contributed by atoms with van der Waals surface area (Å²) in [7, 11) is 3.08. The molecule has 180 valence electrons. The summed E-state index contributed by atoms with van der Waals surface area (Å²) >= 11 is 0. The van der Waals surface area contributed by atoms with Gasteiger partial charge >= 0.3 is 0 Å². The number of amides is 1. The molecule has 0 aliphatic carbocycles. The molecule has 2 aromatic heterocycles. The minimum atomic E-state index is -0.757.